The summed E-state index contributed by atoms with van der Waals surface area (Å²) >= 11 is 5.57. The zero-order chi connectivity index (χ0) is 14.8. The second-order valence-corrected chi connectivity index (χ2v) is 5.94. The number of benzene rings is 1. The van der Waals surface area contributed by atoms with Gasteiger partial charge in [-0.15, -0.1) is 0 Å². The van der Waals surface area contributed by atoms with Crippen molar-refractivity contribution in [1.29, 1.82) is 0 Å². The summed E-state index contributed by atoms with van der Waals surface area (Å²) < 4.78 is 41.9. The molecule has 2 rings (SSSR count). The summed E-state index contributed by atoms with van der Waals surface area (Å²) in [6.45, 7) is -0.0253. The molecule has 2 aromatic rings. The first kappa shape index (κ1) is 14.8. The zero-order valence-corrected chi connectivity index (χ0v) is 11.4. The van der Waals surface area contributed by atoms with Gasteiger partial charge in [-0.2, -0.15) is 22.9 Å². The minimum absolute atomic E-state index is 0.0253. The van der Waals surface area contributed by atoms with E-state index in [0.29, 0.717) is 5.38 Å². The molecule has 0 aliphatic heterocycles. The predicted octanol–water partition coefficient (Wildman–Crippen LogP) is 4.69. The van der Waals surface area contributed by atoms with Crippen LogP contribution in [-0.4, -0.2) is 10.3 Å². The van der Waals surface area contributed by atoms with Crippen LogP contribution in [0.3, 0.4) is 0 Å². The molecule has 3 nitrogen and oxygen atoms in total. The molecule has 0 bridgehead atoms. The second-order valence-electron chi connectivity index (χ2n) is 3.73. The van der Waals surface area contributed by atoms with Crippen LogP contribution in [-0.2, 0) is 17.5 Å². The molecule has 0 N–H and O–H groups in total. The van der Waals surface area contributed by atoms with Gasteiger partial charge < -0.3 is 4.74 Å². The summed E-state index contributed by atoms with van der Waals surface area (Å²) in [4.78, 5) is 14.9. The fraction of sp³-hybridized carbons (Fsp3) is 0.167. The van der Waals surface area contributed by atoms with Gasteiger partial charge in [0.1, 0.15) is 17.1 Å². The standard InChI is InChI=1S/C12H8ClF3NO2S/c13-10-17-9(12(14,15)16)7-20(10)11(18)19-6-8-4-2-1-3-5-8/h1-5,7H,6H2/q+1. The Hall–Kier alpha value is -1.60. The Morgan fingerprint density at radius 2 is 1.95 bits per heavy atom. The summed E-state index contributed by atoms with van der Waals surface area (Å²) in [5.41, 5.74) is -0.431. The number of nitrogens with zero attached hydrogens (tertiary/aromatic N) is 1. The van der Waals surface area contributed by atoms with E-state index in [-0.39, 0.29) is 6.61 Å². The molecule has 8 heteroatoms. The van der Waals surface area contributed by atoms with E-state index in [1.807, 2.05) is 0 Å². The van der Waals surface area contributed by atoms with Gasteiger partial charge in [-0.3, -0.25) is 0 Å². The Bertz CT molecular complexity index is 613. The van der Waals surface area contributed by atoms with Crippen molar-refractivity contribution >= 4 is 27.4 Å². The molecule has 0 amide bonds. The number of hydrogen-bond donors (Lipinski definition) is 0. The smallest absolute Gasteiger partial charge is 0.417 e. The molecule has 0 radical (unpaired) electrons. The number of rotatable bonds is 3. The third-order valence-corrected chi connectivity index (χ3v) is 4.26. The molecule has 0 spiro atoms. The molecule has 1 heterocycles. The van der Waals surface area contributed by atoms with E-state index < -0.39 is 32.1 Å². The molecule has 0 saturated carbocycles. The molecule has 0 fully saturated rings. The van der Waals surface area contributed by atoms with Gasteiger partial charge >= 0.3 is 15.9 Å². The van der Waals surface area contributed by atoms with Crippen molar-refractivity contribution in [3.63, 3.8) is 0 Å². The van der Waals surface area contributed by atoms with Crippen molar-refractivity contribution in [1.82, 2.24) is 4.98 Å². The quantitative estimate of drug-likeness (QED) is 0.608. The Kier molecular flexibility index (Phi) is 4.29. The predicted molar refractivity (Wildman–Crippen MR) is 68.8 cm³/mol. The number of hydrogen-bond acceptors (Lipinski definition) is 3. The molecule has 1 atom stereocenters. The molecule has 0 aliphatic carbocycles. The minimum atomic E-state index is -4.62. The molecule has 1 aromatic carbocycles. The molecular formula is C12H8ClF3NO2S+. The van der Waals surface area contributed by atoms with E-state index in [9.17, 15) is 18.0 Å². The Morgan fingerprint density at radius 1 is 1.30 bits per heavy atom. The normalized spacial score (nSPS) is 12.3. The number of halogens is 4. The van der Waals surface area contributed by atoms with Gasteiger partial charge in [0.2, 0.25) is 5.69 Å². The van der Waals surface area contributed by atoms with Crippen molar-refractivity contribution in [2.45, 2.75) is 12.8 Å². The molecule has 20 heavy (non-hydrogen) atoms. The van der Waals surface area contributed by atoms with Crippen LogP contribution in [0.4, 0.5) is 18.0 Å². The number of carbonyl (C=O) groups excluding carboxylic acids is 1. The van der Waals surface area contributed by atoms with Gasteiger partial charge in [0.25, 0.3) is 0 Å². The fourth-order valence-electron chi connectivity index (χ4n) is 1.36. The maximum atomic E-state index is 12.4. The third kappa shape index (κ3) is 3.49. The number of thiazole rings is 1. The van der Waals surface area contributed by atoms with Crippen LogP contribution in [0.25, 0.3) is 0 Å². The van der Waals surface area contributed by atoms with Crippen LogP contribution in [0.15, 0.2) is 35.7 Å². The first-order valence-corrected chi connectivity index (χ1v) is 7.01. The van der Waals surface area contributed by atoms with E-state index in [1.165, 1.54) is 0 Å². The van der Waals surface area contributed by atoms with Crippen molar-refractivity contribution in [3.8, 4) is 0 Å². The molecule has 106 valence electrons. The van der Waals surface area contributed by atoms with Gasteiger partial charge in [-0.25, -0.2) is 0 Å². The highest BCUT2D eigenvalue weighted by molar-refractivity contribution is 7.51. The summed E-state index contributed by atoms with van der Waals surface area (Å²) in [5.74, 6) is 0. The first-order valence-electron chi connectivity index (χ1n) is 5.35. The highest BCUT2D eigenvalue weighted by Gasteiger charge is 2.41. The number of ether oxygens (including phenoxy) is 1. The number of aromatic nitrogens is 1. The highest BCUT2D eigenvalue weighted by Crippen LogP contribution is 2.38. The monoisotopic (exact) mass is 322 g/mol. The number of alkyl halides is 3. The van der Waals surface area contributed by atoms with Crippen molar-refractivity contribution in [2.75, 3.05) is 0 Å². The van der Waals surface area contributed by atoms with Crippen LogP contribution in [0.2, 0.25) is 4.47 Å². The Balaban J connectivity index is 2.08. The average Bonchev–Trinajstić information content (AvgIpc) is 2.79. The maximum Gasteiger partial charge on any atom is 0.557 e. The Morgan fingerprint density at radius 3 is 2.50 bits per heavy atom. The lowest BCUT2D eigenvalue weighted by atomic mass is 10.2. The van der Waals surface area contributed by atoms with E-state index in [2.05, 4.69) is 4.98 Å². The Labute approximate surface area is 119 Å². The number of carbonyl (C=O) groups is 1. The van der Waals surface area contributed by atoms with Crippen molar-refractivity contribution in [2.24, 2.45) is 0 Å². The lowest BCUT2D eigenvalue weighted by molar-refractivity contribution is -0.140. The summed E-state index contributed by atoms with van der Waals surface area (Å²) in [6.07, 6.45) is -4.62. The lowest BCUT2D eigenvalue weighted by Gasteiger charge is -1.98. The van der Waals surface area contributed by atoms with Gasteiger partial charge in [0.15, 0.2) is 5.38 Å². The zero-order valence-electron chi connectivity index (χ0n) is 9.86. The summed E-state index contributed by atoms with van der Waals surface area (Å²) in [7, 11) is -1.59. The van der Waals surface area contributed by atoms with Crippen molar-refractivity contribution < 1.29 is 22.7 Å². The van der Waals surface area contributed by atoms with E-state index >= 15 is 0 Å². The molecule has 0 saturated heterocycles. The SMILES string of the molecule is O=C(OCc1ccccc1)[s+]1cc(C(F)(F)F)nc1Cl. The highest BCUT2D eigenvalue weighted by atomic mass is 35.5. The van der Waals surface area contributed by atoms with Crippen LogP contribution in [0, 0.1) is 0 Å². The average molecular weight is 323 g/mol. The maximum absolute atomic E-state index is 12.4. The molecule has 1 aromatic heterocycles. The van der Waals surface area contributed by atoms with Crippen LogP contribution >= 0.6 is 22.1 Å². The largest absolute Gasteiger partial charge is 0.557 e. The van der Waals surface area contributed by atoms with E-state index in [0.717, 1.165) is 5.56 Å². The van der Waals surface area contributed by atoms with Crippen molar-refractivity contribution in [3.05, 3.63) is 51.4 Å². The topological polar surface area (TPSA) is 39.2 Å². The van der Waals surface area contributed by atoms with Gasteiger partial charge in [0.05, 0.1) is 0 Å². The van der Waals surface area contributed by atoms with Gasteiger partial charge in [0, 0.05) is 0 Å². The third-order valence-electron chi connectivity index (χ3n) is 2.29. The minimum Gasteiger partial charge on any atom is -0.417 e. The molecule has 1 unspecified atom stereocenters. The lowest BCUT2D eigenvalue weighted by Crippen LogP contribution is -2.04. The molecule has 0 aliphatic rings. The van der Waals surface area contributed by atoms with Crippen LogP contribution < -0.4 is 0 Å². The molecular weight excluding hydrogens is 315 g/mol. The van der Waals surface area contributed by atoms with Crippen LogP contribution in [0.1, 0.15) is 11.3 Å². The van der Waals surface area contributed by atoms with E-state index in [4.69, 9.17) is 16.3 Å². The van der Waals surface area contributed by atoms with E-state index in [1.54, 1.807) is 30.3 Å². The van der Waals surface area contributed by atoms with Gasteiger partial charge in [-0.1, -0.05) is 30.3 Å². The second kappa shape index (κ2) is 5.80. The van der Waals surface area contributed by atoms with Gasteiger partial charge in [-0.05, 0) is 17.2 Å². The summed E-state index contributed by atoms with van der Waals surface area (Å²) in [6, 6.07) is 8.79. The first-order chi connectivity index (χ1) is 9.38. The van der Waals surface area contributed by atoms with Crippen LogP contribution in [0.5, 0.6) is 0 Å². The summed E-state index contributed by atoms with van der Waals surface area (Å²) in [5, 5.41) is -0.141. The fourth-order valence-corrected chi connectivity index (χ4v) is 2.89.